The molecular weight excluding hydrogens is 415 g/mol. The molecule has 0 aliphatic heterocycles. The fourth-order valence-electron chi connectivity index (χ4n) is 3.78. The number of halogens is 2. The van der Waals surface area contributed by atoms with Gasteiger partial charge in [0.15, 0.2) is 0 Å². The molecule has 0 N–H and O–H groups in total. The predicted octanol–water partition coefficient (Wildman–Crippen LogP) is -1.39. The van der Waals surface area contributed by atoms with E-state index in [-0.39, 0.29) is 41.9 Å². The molecule has 0 aliphatic carbocycles. The monoisotopic (exact) mass is 438 g/mol. The van der Waals surface area contributed by atoms with Crippen molar-refractivity contribution in [2.75, 3.05) is 0 Å². The molecule has 1 aromatic heterocycles. The first-order chi connectivity index (χ1) is 10.9. The van der Waals surface area contributed by atoms with Crippen LogP contribution in [0.1, 0.15) is 33.4 Å². The molecule has 5 heteroatoms. The van der Waals surface area contributed by atoms with Gasteiger partial charge in [-0.25, -0.2) is 9.13 Å². The zero-order valence-corrected chi connectivity index (χ0v) is 18.4. The van der Waals surface area contributed by atoms with Crippen LogP contribution in [-0.2, 0) is 17.1 Å². The van der Waals surface area contributed by atoms with Crippen molar-refractivity contribution in [3.8, 4) is 11.4 Å². The molecule has 1 heterocycles. The molecule has 0 aliphatic rings. The van der Waals surface area contributed by atoms with Crippen LogP contribution in [-0.4, -0.2) is 4.57 Å². The second-order valence-electron chi connectivity index (χ2n) is 6.72. The minimum atomic E-state index is 0. The Balaban J connectivity index is 0.00000208. The topological polar surface area (TPSA) is 8.81 Å². The second kappa shape index (κ2) is 9.62. The molecule has 0 spiro atoms. The molecule has 3 aromatic rings. The van der Waals surface area contributed by atoms with Crippen LogP contribution in [0, 0.1) is 41.5 Å². The van der Waals surface area contributed by atoms with E-state index < -0.39 is 0 Å². The SMILES string of the molecule is Cc1cc(C)c(-n2cc[n+](-c3c(C)cc(C)cc3C)c2)c(C)c1.[Cl-].[Cl-].[Cu+]. The Kier molecular flexibility index (Phi) is 9.15. The molecule has 2 aromatic carbocycles. The van der Waals surface area contributed by atoms with Crippen molar-refractivity contribution in [1.29, 1.82) is 0 Å². The van der Waals surface area contributed by atoms with E-state index in [2.05, 4.69) is 93.7 Å². The summed E-state index contributed by atoms with van der Waals surface area (Å²) in [6.45, 7) is 13.0. The summed E-state index contributed by atoms with van der Waals surface area (Å²) in [6, 6.07) is 8.98. The van der Waals surface area contributed by atoms with Gasteiger partial charge in [-0.2, -0.15) is 0 Å². The summed E-state index contributed by atoms with van der Waals surface area (Å²) >= 11 is 0. The Labute approximate surface area is 179 Å². The maximum atomic E-state index is 2.25. The van der Waals surface area contributed by atoms with Crippen molar-refractivity contribution in [2.45, 2.75) is 41.5 Å². The minimum Gasteiger partial charge on any atom is -1.00 e. The fraction of sp³-hybridized carbons (Fsp3) is 0.286. The Morgan fingerprint density at radius 2 is 1.12 bits per heavy atom. The number of aryl methyl sites for hydroxylation is 6. The molecule has 0 saturated heterocycles. The zero-order valence-electron chi connectivity index (χ0n) is 16.0. The summed E-state index contributed by atoms with van der Waals surface area (Å²) in [7, 11) is 0. The number of hydrogen-bond acceptors (Lipinski definition) is 0. The average Bonchev–Trinajstić information content (AvgIpc) is 2.85. The number of rotatable bonds is 2. The molecule has 0 bridgehead atoms. The number of aromatic nitrogens is 2. The summed E-state index contributed by atoms with van der Waals surface area (Å²) in [5.74, 6) is 0. The van der Waals surface area contributed by atoms with Gasteiger partial charge in [0.2, 0.25) is 0 Å². The number of nitrogens with zero attached hydrogens (tertiary/aromatic N) is 2. The normalized spacial score (nSPS) is 9.77. The third kappa shape index (κ3) is 4.72. The van der Waals surface area contributed by atoms with E-state index in [4.69, 9.17) is 0 Å². The van der Waals surface area contributed by atoms with Crippen LogP contribution in [0.15, 0.2) is 43.0 Å². The quantitative estimate of drug-likeness (QED) is 0.343. The minimum absolute atomic E-state index is 0. The van der Waals surface area contributed by atoms with Gasteiger partial charge in [0.1, 0.15) is 23.8 Å². The molecule has 0 atom stereocenters. The van der Waals surface area contributed by atoms with Gasteiger partial charge in [-0.1, -0.05) is 35.4 Å². The molecular formula is C21H25Cl2CuN2. The zero-order chi connectivity index (χ0) is 16.7. The van der Waals surface area contributed by atoms with Gasteiger partial charge in [0.25, 0.3) is 6.33 Å². The molecule has 2 nitrogen and oxygen atoms in total. The van der Waals surface area contributed by atoms with Gasteiger partial charge in [-0.05, 0) is 63.8 Å². The van der Waals surface area contributed by atoms with Crippen molar-refractivity contribution in [2.24, 2.45) is 0 Å². The Morgan fingerprint density at radius 1 is 0.692 bits per heavy atom. The summed E-state index contributed by atoms with van der Waals surface area (Å²) in [4.78, 5) is 0. The molecule has 26 heavy (non-hydrogen) atoms. The smallest absolute Gasteiger partial charge is 1.00 e. The van der Waals surface area contributed by atoms with Gasteiger partial charge in [-0.3, -0.25) is 0 Å². The van der Waals surface area contributed by atoms with E-state index in [0.29, 0.717) is 0 Å². The van der Waals surface area contributed by atoms with Gasteiger partial charge < -0.3 is 24.8 Å². The van der Waals surface area contributed by atoms with Crippen LogP contribution in [0.3, 0.4) is 0 Å². The molecule has 144 valence electrons. The van der Waals surface area contributed by atoms with Crippen molar-refractivity contribution in [3.63, 3.8) is 0 Å². The van der Waals surface area contributed by atoms with Crippen molar-refractivity contribution in [3.05, 3.63) is 76.4 Å². The van der Waals surface area contributed by atoms with Crippen LogP contribution in [0.2, 0.25) is 0 Å². The van der Waals surface area contributed by atoms with Crippen LogP contribution in [0.4, 0.5) is 0 Å². The van der Waals surface area contributed by atoms with E-state index >= 15 is 0 Å². The van der Waals surface area contributed by atoms with Crippen molar-refractivity contribution >= 4 is 0 Å². The van der Waals surface area contributed by atoms with Gasteiger partial charge in [-0.15, -0.1) is 0 Å². The third-order valence-corrected chi connectivity index (χ3v) is 4.42. The Bertz CT molecular complexity index is 783. The largest absolute Gasteiger partial charge is 1.00 e. The van der Waals surface area contributed by atoms with E-state index in [1.54, 1.807) is 0 Å². The van der Waals surface area contributed by atoms with Crippen LogP contribution >= 0.6 is 0 Å². The first-order valence-electron chi connectivity index (χ1n) is 8.12. The van der Waals surface area contributed by atoms with Crippen LogP contribution in [0.25, 0.3) is 11.4 Å². The Hall–Kier alpha value is -1.25. The predicted molar refractivity (Wildman–Crippen MR) is 95.7 cm³/mol. The summed E-state index contributed by atoms with van der Waals surface area (Å²) in [6.07, 6.45) is 6.46. The first kappa shape index (κ1) is 24.7. The molecule has 0 unspecified atom stereocenters. The molecule has 0 radical (unpaired) electrons. The van der Waals surface area contributed by atoms with Gasteiger partial charge in [0.05, 0.1) is 0 Å². The Morgan fingerprint density at radius 3 is 1.58 bits per heavy atom. The van der Waals surface area contributed by atoms with Crippen molar-refractivity contribution < 1.29 is 46.4 Å². The van der Waals surface area contributed by atoms with Crippen LogP contribution in [0.5, 0.6) is 0 Å². The summed E-state index contributed by atoms with van der Waals surface area (Å²) < 4.78 is 4.45. The van der Waals surface area contributed by atoms with Gasteiger partial charge in [0, 0.05) is 0 Å². The van der Waals surface area contributed by atoms with E-state index in [1.807, 2.05) is 0 Å². The van der Waals surface area contributed by atoms with Crippen molar-refractivity contribution in [1.82, 2.24) is 4.57 Å². The maximum absolute atomic E-state index is 2.25. The average molecular weight is 440 g/mol. The van der Waals surface area contributed by atoms with Crippen LogP contribution < -0.4 is 29.4 Å². The third-order valence-electron chi connectivity index (χ3n) is 4.42. The standard InChI is InChI=1S/C21H25N2.2ClH.Cu/c1-14-9-16(3)20(17(4)10-14)22-7-8-23(13-22)21-18(5)11-15(2)12-19(21)6;;;/h7-13H,1-6H3;2*1H;/q+1;;;+1/p-2. The van der Waals surface area contributed by atoms with E-state index in [1.165, 1.54) is 44.8 Å². The summed E-state index contributed by atoms with van der Waals surface area (Å²) in [5.41, 5.74) is 10.4. The van der Waals surface area contributed by atoms with E-state index in [9.17, 15) is 0 Å². The number of imidazole rings is 1. The first-order valence-corrected chi connectivity index (χ1v) is 8.12. The molecule has 3 rings (SSSR count). The van der Waals surface area contributed by atoms with E-state index in [0.717, 1.165) is 0 Å². The fourth-order valence-corrected chi connectivity index (χ4v) is 3.78. The molecule has 0 fully saturated rings. The summed E-state index contributed by atoms with van der Waals surface area (Å²) in [5, 5.41) is 0. The molecule has 0 amide bonds. The number of hydrogen-bond donors (Lipinski definition) is 0. The maximum Gasteiger partial charge on any atom is 1.00 e. The molecule has 0 saturated carbocycles. The number of benzene rings is 2. The second-order valence-corrected chi connectivity index (χ2v) is 6.72. The van der Waals surface area contributed by atoms with Gasteiger partial charge >= 0.3 is 17.1 Å².